The molecule has 0 heterocycles. The molecule has 1 N–H and O–H groups in total. The zero-order chi connectivity index (χ0) is 11.9. The average Bonchev–Trinajstić information content (AvgIpc) is 2.31. The molecular formula is C14H20O2. The van der Waals surface area contributed by atoms with Crippen LogP contribution >= 0.6 is 0 Å². The Balaban J connectivity index is 3.58. The molecule has 0 aromatic rings. The minimum Gasteiger partial charge on any atom is -0.499 e. The maximum Gasteiger partial charge on any atom is 0.110 e. The van der Waals surface area contributed by atoms with E-state index in [4.69, 9.17) is 9.84 Å². The van der Waals surface area contributed by atoms with Gasteiger partial charge in [0.15, 0.2) is 0 Å². The highest BCUT2D eigenvalue weighted by Gasteiger charge is 1.73. The van der Waals surface area contributed by atoms with Crippen molar-refractivity contribution in [1.29, 1.82) is 0 Å². The number of hydrogen-bond donors (Lipinski definition) is 1. The fraction of sp³-hybridized carbons (Fsp3) is 0.286. The Kier molecular flexibility index (Phi) is 12.2. The zero-order valence-corrected chi connectivity index (χ0v) is 9.75. The molecule has 0 saturated heterocycles. The van der Waals surface area contributed by atoms with Crippen molar-refractivity contribution >= 4 is 0 Å². The van der Waals surface area contributed by atoms with Crippen LogP contribution in [-0.4, -0.2) is 18.3 Å². The highest BCUT2D eigenvalue weighted by molar-refractivity contribution is 5.17. The van der Waals surface area contributed by atoms with Gasteiger partial charge in [0.2, 0.25) is 0 Å². The minimum absolute atomic E-state index is 0.0457. The summed E-state index contributed by atoms with van der Waals surface area (Å²) in [6, 6.07) is 0. The summed E-state index contributed by atoms with van der Waals surface area (Å²) in [5.41, 5.74) is 0. The van der Waals surface area contributed by atoms with Crippen LogP contribution in [0.2, 0.25) is 0 Å². The van der Waals surface area contributed by atoms with E-state index in [0.717, 1.165) is 6.42 Å². The van der Waals surface area contributed by atoms with Crippen molar-refractivity contribution in [2.45, 2.75) is 13.3 Å². The number of allylic oxidation sites excluding steroid dienone is 9. The lowest BCUT2D eigenvalue weighted by molar-refractivity contribution is 0.166. The van der Waals surface area contributed by atoms with Crippen molar-refractivity contribution in [2.75, 3.05) is 13.2 Å². The van der Waals surface area contributed by atoms with Gasteiger partial charge in [-0.3, -0.25) is 0 Å². The summed E-state index contributed by atoms with van der Waals surface area (Å²) in [5, 5.41) is 8.43. The first kappa shape index (κ1) is 14.5. The molecule has 2 nitrogen and oxygen atoms in total. The summed E-state index contributed by atoms with van der Waals surface area (Å²) in [6.45, 7) is 2.49. The molecule has 0 rings (SSSR count). The third-order valence-electron chi connectivity index (χ3n) is 1.53. The molecule has 0 spiro atoms. The van der Waals surface area contributed by atoms with Crippen molar-refractivity contribution in [1.82, 2.24) is 0 Å². The molecule has 2 heteroatoms. The number of aliphatic hydroxyl groups is 1. The number of rotatable bonds is 8. The quantitative estimate of drug-likeness (QED) is 0.387. The van der Waals surface area contributed by atoms with Gasteiger partial charge in [0.25, 0.3) is 0 Å². The molecule has 0 aromatic heterocycles. The van der Waals surface area contributed by atoms with Gasteiger partial charge in [-0.25, -0.2) is 0 Å². The van der Waals surface area contributed by atoms with E-state index in [2.05, 4.69) is 13.0 Å². The third-order valence-corrected chi connectivity index (χ3v) is 1.53. The van der Waals surface area contributed by atoms with E-state index in [0.29, 0.717) is 6.61 Å². The van der Waals surface area contributed by atoms with E-state index in [1.54, 1.807) is 12.3 Å². The predicted octanol–water partition coefficient (Wildman–Crippen LogP) is 3.14. The van der Waals surface area contributed by atoms with Gasteiger partial charge in [-0.05, 0) is 12.5 Å². The Morgan fingerprint density at radius 3 is 2.00 bits per heavy atom. The van der Waals surface area contributed by atoms with Gasteiger partial charge in [-0.15, -0.1) is 0 Å². The van der Waals surface area contributed by atoms with Crippen molar-refractivity contribution in [2.24, 2.45) is 0 Å². The van der Waals surface area contributed by atoms with Crippen LogP contribution in [-0.2, 0) is 4.74 Å². The molecule has 0 atom stereocenters. The number of aliphatic hydroxyl groups excluding tert-OH is 1. The van der Waals surface area contributed by atoms with E-state index in [1.165, 1.54) is 0 Å². The van der Waals surface area contributed by atoms with Gasteiger partial charge in [0.05, 0.1) is 12.9 Å². The lowest BCUT2D eigenvalue weighted by atomic mass is 10.3. The Labute approximate surface area is 97.9 Å². The minimum atomic E-state index is 0.0457. The summed E-state index contributed by atoms with van der Waals surface area (Å²) in [4.78, 5) is 0. The second-order valence-electron chi connectivity index (χ2n) is 2.91. The average molecular weight is 220 g/mol. The monoisotopic (exact) mass is 220 g/mol. The summed E-state index contributed by atoms with van der Waals surface area (Å²) in [5.74, 6) is 0. The summed E-state index contributed by atoms with van der Waals surface area (Å²) >= 11 is 0. The first-order valence-electron chi connectivity index (χ1n) is 5.46. The Morgan fingerprint density at radius 2 is 1.44 bits per heavy atom. The maximum absolute atomic E-state index is 8.43. The molecule has 0 amide bonds. The third kappa shape index (κ3) is 12.5. The molecule has 0 unspecified atom stereocenters. The van der Waals surface area contributed by atoms with Gasteiger partial charge >= 0.3 is 0 Å². The standard InChI is InChI=1S/C14H20O2/c1-2-3-4-5-6-7-8-9-10-11-13-16-14-12-15/h3-11,13,15H,2,12,14H2,1H3/b4-3-,6-5-,8-7-,10-9-,13-11-. The molecule has 16 heavy (non-hydrogen) atoms. The van der Waals surface area contributed by atoms with E-state index >= 15 is 0 Å². The van der Waals surface area contributed by atoms with Gasteiger partial charge in [0.1, 0.15) is 6.61 Å². The van der Waals surface area contributed by atoms with Crippen molar-refractivity contribution in [3.05, 3.63) is 60.9 Å². The molecule has 0 aliphatic heterocycles. The molecule has 0 radical (unpaired) electrons. The van der Waals surface area contributed by atoms with Gasteiger partial charge < -0.3 is 9.84 Å². The normalized spacial score (nSPS) is 13.1. The predicted molar refractivity (Wildman–Crippen MR) is 69.0 cm³/mol. The van der Waals surface area contributed by atoms with Crippen molar-refractivity contribution in [3.63, 3.8) is 0 Å². The number of hydrogen-bond acceptors (Lipinski definition) is 2. The molecule has 0 aliphatic carbocycles. The smallest absolute Gasteiger partial charge is 0.110 e. The van der Waals surface area contributed by atoms with E-state index in [9.17, 15) is 0 Å². The Hall–Kier alpha value is -1.54. The molecule has 0 fully saturated rings. The molecule has 0 saturated carbocycles. The lowest BCUT2D eigenvalue weighted by Gasteiger charge is -1.91. The lowest BCUT2D eigenvalue weighted by Crippen LogP contribution is -1.91. The van der Waals surface area contributed by atoms with Crippen LogP contribution in [0.5, 0.6) is 0 Å². The summed E-state index contributed by atoms with van der Waals surface area (Å²) in [7, 11) is 0. The Morgan fingerprint density at radius 1 is 0.875 bits per heavy atom. The van der Waals surface area contributed by atoms with Crippen LogP contribution in [0.25, 0.3) is 0 Å². The van der Waals surface area contributed by atoms with Crippen LogP contribution in [0.1, 0.15) is 13.3 Å². The summed E-state index contributed by atoms with van der Waals surface area (Å²) < 4.78 is 4.93. The van der Waals surface area contributed by atoms with Crippen LogP contribution in [0.15, 0.2) is 60.9 Å². The van der Waals surface area contributed by atoms with E-state index in [-0.39, 0.29) is 6.61 Å². The second-order valence-corrected chi connectivity index (χ2v) is 2.91. The van der Waals surface area contributed by atoms with Crippen LogP contribution in [0.4, 0.5) is 0 Å². The van der Waals surface area contributed by atoms with Crippen molar-refractivity contribution in [3.8, 4) is 0 Å². The second kappa shape index (κ2) is 13.5. The molecule has 88 valence electrons. The van der Waals surface area contributed by atoms with E-state index < -0.39 is 0 Å². The SMILES string of the molecule is CC\C=C/C=C\C=C/C=C\C=C/OCCO. The van der Waals surface area contributed by atoms with Gasteiger partial charge in [0, 0.05) is 0 Å². The fourth-order valence-electron chi connectivity index (χ4n) is 0.821. The molecular weight excluding hydrogens is 200 g/mol. The highest BCUT2D eigenvalue weighted by atomic mass is 16.5. The van der Waals surface area contributed by atoms with Crippen LogP contribution < -0.4 is 0 Å². The number of ether oxygens (including phenoxy) is 1. The fourth-order valence-corrected chi connectivity index (χ4v) is 0.821. The van der Waals surface area contributed by atoms with Gasteiger partial charge in [-0.2, -0.15) is 0 Å². The topological polar surface area (TPSA) is 29.5 Å². The largest absolute Gasteiger partial charge is 0.499 e. The zero-order valence-electron chi connectivity index (χ0n) is 9.75. The van der Waals surface area contributed by atoms with Crippen LogP contribution in [0, 0.1) is 0 Å². The highest BCUT2D eigenvalue weighted by Crippen LogP contribution is 1.85. The van der Waals surface area contributed by atoms with Gasteiger partial charge in [-0.1, -0.05) is 55.5 Å². The van der Waals surface area contributed by atoms with Crippen molar-refractivity contribution < 1.29 is 9.84 Å². The summed E-state index contributed by atoms with van der Waals surface area (Å²) in [6.07, 6.45) is 20.2. The first-order valence-corrected chi connectivity index (χ1v) is 5.46. The first-order chi connectivity index (χ1) is 7.91. The molecule has 0 bridgehead atoms. The molecule has 0 aliphatic rings. The maximum atomic E-state index is 8.43. The molecule has 0 aromatic carbocycles. The van der Waals surface area contributed by atoms with E-state index in [1.807, 2.05) is 42.5 Å². The Bertz CT molecular complexity index is 270. The van der Waals surface area contributed by atoms with Crippen LogP contribution in [0.3, 0.4) is 0 Å².